The molecule has 100 valence electrons. The number of benzene rings is 1. The number of nitrogens with two attached hydrogens (primary N) is 1. The summed E-state index contributed by atoms with van der Waals surface area (Å²) in [6.45, 7) is 0.239. The Morgan fingerprint density at radius 3 is 2.67 bits per heavy atom. The number of anilines is 1. The summed E-state index contributed by atoms with van der Waals surface area (Å²) in [5.74, 6) is -0.974. The summed E-state index contributed by atoms with van der Waals surface area (Å²) in [5.41, 5.74) is 5.48. The molecular weight excluding hydrogens is 259 g/mol. The largest absolute Gasteiger partial charge is 0.396 e. The molecule has 18 heavy (non-hydrogen) atoms. The number of hydrogen-bond acceptors (Lipinski definition) is 4. The minimum atomic E-state index is -3.02. The van der Waals surface area contributed by atoms with Crippen LogP contribution in [0.25, 0.3) is 0 Å². The van der Waals surface area contributed by atoms with Gasteiger partial charge < -0.3 is 11.1 Å². The van der Waals surface area contributed by atoms with Crippen molar-refractivity contribution in [2.24, 2.45) is 0 Å². The maximum Gasteiger partial charge on any atom is 0.251 e. The second-order valence-corrected chi connectivity index (χ2v) is 6.24. The van der Waals surface area contributed by atoms with Crippen molar-refractivity contribution in [1.82, 2.24) is 5.32 Å². The van der Waals surface area contributed by atoms with Gasteiger partial charge in [0.05, 0.1) is 11.4 Å². The number of amides is 1. The number of rotatable bonds is 5. The summed E-state index contributed by atoms with van der Waals surface area (Å²) in [6.07, 6.45) is 1.47. The van der Waals surface area contributed by atoms with Crippen molar-refractivity contribution >= 4 is 21.4 Å². The van der Waals surface area contributed by atoms with Crippen LogP contribution in [-0.2, 0) is 9.84 Å². The van der Waals surface area contributed by atoms with E-state index in [9.17, 15) is 17.6 Å². The highest BCUT2D eigenvalue weighted by Crippen LogP contribution is 2.11. The Kier molecular flexibility index (Phi) is 4.66. The fourth-order valence-corrected chi connectivity index (χ4v) is 1.99. The van der Waals surface area contributed by atoms with Crippen LogP contribution in [0.2, 0.25) is 0 Å². The molecule has 0 bridgehead atoms. The molecule has 1 aromatic carbocycles. The fraction of sp³-hybridized carbons (Fsp3) is 0.364. The number of hydrogen-bond donors (Lipinski definition) is 2. The predicted molar refractivity (Wildman–Crippen MR) is 67.5 cm³/mol. The van der Waals surface area contributed by atoms with Crippen molar-refractivity contribution in [1.29, 1.82) is 0 Å². The van der Waals surface area contributed by atoms with Crippen molar-refractivity contribution in [3.63, 3.8) is 0 Å². The van der Waals surface area contributed by atoms with Gasteiger partial charge in [-0.3, -0.25) is 4.79 Å². The molecule has 0 aliphatic rings. The highest BCUT2D eigenvalue weighted by atomic mass is 32.2. The van der Waals surface area contributed by atoms with Crippen molar-refractivity contribution in [2.75, 3.05) is 24.3 Å². The number of sulfone groups is 1. The lowest BCUT2D eigenvalue weighted by molar-refractivity contribution is 0.0953. The lowest BCUT2D eigenvalue weighted by atomic mass is 10.2. The summed E-state index contributed by atoms with van der Waals surface area (Å²) in [7, 11) is -3.02. The zero-order valence-corrected chi connectivity index (χ0v) is 10.8. The molecule has 3 N–H and O–H groups in total. The number of carbonyl (C=O) groups excluding carboxylic acids is 1. The van der Waals surface area contributed by atoms with Crippen LogP contribution in [0.1, 0.15) is 16.8 Å². The Labute approximate surface area is 105 Å². The number of nitrogens with one attached hydrogen (secondary N) is 1. The van der Waals surface area contributed by atoms with E-state index in [0.29, 0.717) is 6.42 Å². The van der Waals surface area contributed by atoms with E-state index >= 15 is 0 Å². The first-order valence-electron chi connectivity index (χ1n) is 5.30. The summed E-state index contributed by atoms with van der Waals surface area (Å²) in [4.78, 5) is 11.6. The van der Waals surface area contributed by atoms with Gasteiger partial charge in [0, 0.05) is 18.4 Å². The third kappa shape index (κ3) is 4.70. The van der Waals surface area contributed by atoms with Gasteiger partial charge in [0.25, 0.3) is 5.91 Å². The van der Waals surface area contributed by atoms with Gasteiger partial charge in [-0.05, 0) is 24.6 Å². The third-order valence-electron chi connectivity index (χ3n) is 2.24. The zero-order valence-electron chi connectivity index (χ0n) is 9.94. The van der Waals surface area contributed by atoms with E-state index in [2.05, 4.69) is 5.32 Å². The minimum absolute atomic E-state index is 0.0127. The third-order valence-corrected chi connectivity index (χ3v) is 3.27. The van der Waals surface area contributed by atoms with Gasteiger partial charge >= 0.3 is 0 Å². The van der Waals surface area contributed by atoms with Gasteiger partial charge in [0.15, 0.2) is 0 Å². The number of nitrogen functional groups attached to an aromatic ring is 1. The topological polar surface area (TPSA) is 89.3 Å². The molecule has 0 spiro atoms. The van der Waals surface area contributed by atoms with Crippen LogP contribution in [0.5, 0.6) is 0 Å². The zero-order chi connectivity index (χ0) is 13.8. The van der Waals surface area contributed by atoms with E-state index in [4.69, 9.17) is 5.73 Å². The Morgan fingerprint density at radius 2 is 2.11 bits per heavy atom. The average Bonchev–Trinajstić information content (AvgIpc) is 2.26. The molecule has 0 saturated heterocycles. The van der Waals surface area contributed by atoms with Gasteiger partial charge in [-0.15, -0.1) is 0 Å². The predicted octanol–water partition coefficient (Wildman–Crippen LogP) is 0.572. The highest BCUT2D eigenvalue weighted by molar-refractivity contribution is 7.90. The first-order valence-corrected chi connectivity index (χ1v) is 7.36. The second kappa shape index (κ2) is 5.81. The van der Waals surface area contributed by atoms with E-state index in [-0.39, 0.29) is 23.5 Å². The Morgan fingerprint density at radius 1 is 1.44 bits per heavy atom. The monoisotopic (exact) mass is 274 g/mol. The first-order chi connectivity index (χ1) is 8.29. The standard InChI is InChI=1S/C11H15FN2O3S/c1-18(16,17)6-2-5-14-11(15)8-3-4-9(12)10(13)7-8/h3-4,7H,2,5-6,13H2,1H3,(H,14,15). The van der Waals surface area contributed by atoms with Crippen LogP contribution in [-0.4, -0.2) is 32.9 Å². The lowest BCUT2D eigenvalue weighted by Gasteiger charge is -2.05. The number of halogens is 1. The molecule has 1 rings (SSSR count). The van der Waals surface area contributed by atoms with Crippen LogP contribution in [0.15, 0.2) is 18.2 Å². The molecule has 0 aliphatic heterocycles. The molecular formula is C11H15FN2O3S. The lowest BCUT2D eigenvalue weighted by Crippen LogP contribution is -2.26. The molecule has 1 aromatic rings. The molecule has 0 heterocycles. The van der Waals surface area contributed by atoms with Crippen molar-refractivity contribution in [3.8, 4) is 0 Å². The summed E-state index contributed by atoms with van der Waals surface area (Å²) < 4.78 is 34.6. The van der Waals surface area contributed by atoms with Crippen molar-refractivity contribution in [3.05, 3.63) is 29.6 Å². The SMILES string of the molecule is CS(=O)(=O)CCCNC(=O)c1ccc(F)c(N)c1. The van der Waals surface area contributed by atoms with Gasteiger partial charge in [-0.25, -0.2) is 12.8 Å². The summed E-state index contributed by atoms with van der Waals surface area (Å²) in [5, 5.41) is 2.54. The molecule has 1 amide bonds. The van der Waals surface area contributed by atoms with Crippen LogP contribution >= 0.6 is 0 Å². The van der Waals surface area contributed by atoms with E-state index in [1.807, 2.05) is 0 Å². The molecule has 0 atom stereocenters. The van der Waals surface area contributed by atoms with Crippen molar-refractivity contribution < 1.29 is 17.6 Å². The Hall–Kier alpha value is -1.63. The fourth-order valence-electron chi connectivity index (χ4n) is 1.32. The van der Waals surface area contributed by atoms with Crippen LogP contribution in [0, 0.1) is 5.82 Å². The average molecular weight is 274 g/mol. The molecule has 0 radical (unpaired) electrons. The van der Waals surface area contributed by atoms with Crippen molar-refractivity contribution in [2.45, 2.75) is 6.42 Å². The quantitative estimate of drug-likeness (QED) is 0.607. The molecule has 7 heteroatoms. The van der Waals surface area contributed by atoms with Gasteiger partial charge in [0.2, 0.25) is 0 Å². The van der Waals surface area contributed by atoms with E-state index < -0.39 is 21.6 Å². The molecule has 0 saturated carbocycles. The van der Waals surface area contributed by atoms with E-state index in [0.717, 1.165) is 12.3 Å². The molecule has 0 fully saturated rings. The Bertz CT molecular complexity index is 543. The van der Waals surface area contributed by atoms with E-state index in [1.165, 1.54) is 12.1 Å². The normalized spacial score (nSPS) is 11.2. The smallest absolute Gasteiger partial charge is 0.251 e. The molecule has 0 aromatic heterocycles. The molecule has 0 aliphatic carbocycles. The maximum absolute atomic E-state index is 12.9. The van der Waals surface area contributed by atoms with Gasteiger partial charge in [0.1, 0.15) is 15.7 Å². The van der Waals surface area contributed by atoms with Crippen LogP contribution < -0.4 is 11.1 Å². The Balaban J connectivity index is 2.48. The maximum atomic E-state index is 12.9. The van der Waals surface area contributed by atoms with Gasteiger partial charge in [-0.1, -0.05) is 0 Å². The highest BCUT2D eigenvalue weighted by Gasteiger charge is 2.08. The minimum Gasteiger partial charge on any atom is -0.396 e. The van der Waals surface area contributed by atoms with Gasteiger partial charge in [-0.2, -0.15) is 0 Å². The summed E-state index contributed by atoms with van der Waals surface area (Å²) in [6, 6.07) is 3.67. The van der Waals surface area contributed by atoms with Crippen LogP contribution in [0.4, 0.5) is 10.1 Å². The molecule has 0 unspecified atom stereocenters. The summed E-state index contributed by atoms with van der Waals surface area (Å²) >= 11 is 0. The first kappa shape index (κ1) is 14.4. The molecule has 5 nitrogen and oxygen atoms in total. The number of carbonyl (C=O) groups is 1. The second-order valence-electron chi connectivity index (χ2n) is 3.98. The van der Waals surface area contributed by atoms with Crippen LogP contribution in [0.3, 0.4) is 0 Å². The van der Waals surface area contributed by atoms with E-state index in [1.54, 1.807) is 0 Å².